The normalized spacial score (nSPS) is 14.9. The molecule has 0 saturated carbocycles. The van der Waals surface area contributed by atoms with Gasteiger partial charge in [0, 0.05) is 26.2 Å². The van der Waals surface area contributed by atoms with Crippen LogP contribution in [0.2, 0.25) is 0 Å². The van der Waals surface area contributed by atoms with E-state index in [0.717, 1.165) is 16.0 Å². The lowest BCUT2D eigenvalue weighted by Crippen LogP contribution is -2.49. The van der Waals surface area contributed by atoms with Gasteiger partial charge in [-0.25, -0.2) is 14.8 Å². The monoisotopic (exact) mass is 358 g/mol. The van der Waals surface area contributed by atoms with Gasteiger partial charge in [0.25, 0.3) is 5.91 Å². The molecule has 1 aliphatic heterocycles. The first kappa shape index (κ1) is 15.6. The number of rotatable bonds is 3. The van der Waals surface area contributed by atoms with Crippen LogP contribution in [0.1, 0.15) is 21.1 Å². The highest BCUT2D eigenvalue weighted by atomic mass is 32.1. The standard InChI is InChI=1S/C16H14N4O4S/c21-15(11-1-2-12(24-11)16(22)23)20-6-4-19(5-7-20)13-10-3-8-25-14(10)18-9-17-13/h1-3,8-9H,4-7H2,(H,22,23). The van der Waals surface area contributed by atoms with Crippen molar-refractivity contribution in [3.05, 3.63) is 41.4 Å². The van der Waals surface area contributed by atoms with Crippen molar-refractivity contribution >= 4 is 39.2 Å². The second-order valence-electron chi connectivity index (χ2n) is 5.59. The number of aromatic nitrogens is 2. The molecule has 4 heterocycles. The van der Waals surface area contributed by atoms with Crippen molar-refractivity contribution < 1.29 is 19.1 Å². The summed E-state index contributed by atoms with van der Waals surface area (Å²) >= 11 is 1.57. The SMILES string of the molecule is O=C(O)c1ccc(C(=O)N2CCN(c3ncnc4sccc34)CC2)o1. The minimum atomic E-state index is -1.19. The van der Waals surface area contributed by atoms with E-state index in [1.807, 2.05) is 11.4 Å². The summed E-state index contributed by atoms with van der Waals surface area (Å²) in [6, 6.07) is 4.70. The van der Waals surface area contributed by atoms with E-state index in [4.69, 9.17) is 9.52 Å². The maximum Gasteiger partial charge on any atom is 0.371 e. The zero-order chi connectivity index (χ0) is 17.4. The predicted octanol–water partition coefficient (Wildman–Crippen LogP) is 1.94. The fourth-order valence-electron chi connectivity index (χ4n) is 2.87. The van der Waals surface area contributed by atoms with Crippen molar-refractivity contribution in [1.29, 1.82) is 0 Å². The third kappa shape index (κ3) is 2.82. The molecule has 1 amide bonds. The zero-order valence-electron chi connectivity index (χ0n) is 13.1. The van der Waals surface area contributed by atoms with Gasteiger partial charge in [-0.05, 0) is 23.6 Å². The number of carboxylic acids is 1. The van der Waals surface area contributed by atoms with Gasteiger partial charge >= 0.3 is 5.97 Å². The number of hydrogen-bond donors (Lipinski definition) is 1. The summed E-state index contributed by atoms with van der Waals surface area (Å²) in [7, 11) is 0. The Morgan fingerprint density at radius 2 is 1.84 bits per heavy atom. The summed E-state index contributed by atoms with van der Waals surface area (Å²) in [5, 5.41) is 11.9. The first-order valence-electron chi connectivity index (χ1n) is 7.69. The Balaban J connectivity index is 1.46. The van der Waals surface area contributed by atoms with Crippen LogP contribution in [-0.4, -0.2) is 58.0 Å². The lowest BCUT2D eigenvalue weighted by atomic mass is 10.2. The lowest BCUT2D eigenvalue weighted by molar-refractivity contribution is 0.0648. The van der Waals surface area contributed by atoms with Crippen molar-refractivity contribution in [2.45, 2.75) is 0 Å². The van der Waals surface area contributed by atoms with Crippen LogP contribution in [0.3, 0.4) is 0 Å². The average molecular weight is 358 g/mol. The molecule has 1 N–H and O–H groups in total. The van der Waals surface area contributed by atoms with Crippen LogP contribution in [0, 0.1) is 0 Å². The molecule has 0 atom stereocenters. The highest BCUT2D eigenvalue weighted by Gasteiger charge is 2.26. The molecule has 0 radical (unpaired) electrons. The molecule has 0 unspecified atom stereocenters. The molecule has 9 heteroatoms. The van der Waals surface area contributed by atoms with Crippen LogP contribution < -0.4 is 4.90 Å². The molecular formula is C16H14N4O4S. The maximum atomic E-state index is 12.4. The van der Waals surface area contributed by atoms with Crippen LogP contribution >= 0.6 is 11.3 Å². The number of anilines is 1. The van der Waals surface area contributed by atoms with Crippen LogP contribution in [-0.2, 0) is 0 Å². The molecular weight excluding hydrogens is 344 g/mol. The second kappa shape index (κ2) is 6.17. The zero-order valence-corrected chi connectivity index (χ0v) is 13.9. The van der Waals surface area contributed by atoms with E-state index in [1.54, 1.807) is 22.6 Å². The number of fused-ring (bicyclic) bond motifs is 1. The van der Waals surface area contributed by atoms with E-state index in [2.05, 4.69) is 14.9 Å². The van der Waals surface area contributed by atoms with Gasteiger partial charge in [0.2, 0.25) is 5.76 Å². The molecule has 0 aliphatic carbocycles. The molecule has 8 nitrogen and oxygen atoms in total. The van der Waals surface area contributed by atoms with Gasteiger partial charge < -0.3 is 19.3 Å². The molecule has 4 rings (SSSR count). The minimum absolute atomic E-state index is 0.0492. The third-order valence-corrected chi connectivity index (χ3v) is 4.96. The number of carbonyl (C=O) groups excluding carboxylic acids is 1. The van der Waals surface area contributed by atoms with Crippen molar-refractivity contribution in [1.82, 2.24) is 14.9 Å². The molecule has 0 bridgehead atoms. The quantitative estimate of drug-likeness (QED) is 0.764. The van der Waals surface area contributed by atoms with Gasteiger partial charge in [-0.15, -0.1) is 11.3 Å². The summed E-state index contributed by atoms with van der Waals surface area (Å²) in [5.41, 5.74) is 0. The maximum absolute atomic E-state index is 12.4. The summed E-state index contributed by atoms with van der Waals surface area (Å²) in [5.74, 6) is -0.789. The Morgan fingerprint density at radius 3 is 2.56 bits per heavy atom. The molecule has 1 saturated heterocycles. The summed E-state index contributed by atoms with van der Waals surface area (Å²) in [6.07, 6.45) is 1.56. The van der Waals surface area contributed by atoms with Crippen molar-refractivity contribution in [3.63, 3.8) is 0 Å². The Hall–Kier alpha value is -2.94. The number of furan rings is 1. The van der Waals surface area contributed by atoms with E-state index in [-0.39, 0.29) is 17.4 Å². The first-order valence-corrected chi connectivity index (χ1v) is 8.57. The molecule has 3 aromatic rings. The Labute approximate surface area is 146 Å². The predicted molar refractivity (Wildman–Crippen MR) is 91.2 cm³/mol. The highest BCUT2D eigenvalue weighted by molar-refractivity contribution is 7.16. The molecule has 25 heavy (non-hydrogen) atoms. The Morgan fingerprint density at radius 1 is 1.08 bits per heavy atom. The minimum Gasteiger partial charge on any atom is -0.475 e. The highest BCUT2D eigenvalue weighted by Crippen LogP contribution is 2.27. The molecule has 128 valence electrons. The van der Waals surface area contributed by atoms with Crippen molar-refractivity contribution in [2.75, 3.05) is 31.1 Å². The Kier molecular flexibility index (Phi) is 3.85. The fraction of sp³-hybridized carbons (Fsp3) is 0.250. The molecule has 1 fully saturated rings. The Bertz CT molecular complexity index is 942. The molecule has 1 aliphatic rings. The number of hydrogen-bond acceptors (Lipinski definition) is 7. The average Bonchev–Trinajstić information content (AvgIpc) is 3.30. The van der Waals surface area contributed by atoms with Gasteiger partial charge in [-0.1, -0.05) is 0 Å². The van der Waals surface area contributed by atoms with Gasteiger partial charge in [-0.3, -0.25) is 4.79 Å². The molecule has 3 aromatic heterocycles. The number of piperazine rings is 1. The number of amides is 1. The number of carboxylic acid groups (broad SMARTS) is 1. The van der Waals surface area contributed by atoms with Gasteiger partial charge in [0.15, 0.2) is 5.76 Å². The molecule has 0 spiro atoms. The van der Waals surface area contributed by atoms with E-state index in [0.29, 0.717) is 26.2 Å². The van der Waals surface area contributed by atoms with E-state index >= 15 is 0 Å². The first-order chi connectivity index (χ1) is 12.1. The van der Waals surface area contributed by atoms with Gasteiger partial charge in [0.1, 0.15) is 17.0 Å². The van der Waals surface area contributed by atoms with Crippen LogP contribution in [0.4, 0.5) is 5.82 Å². The second-order valence-corrected chi connectivity index (χ2v) is 6.48. The number of thiophene rings is 1. The number of carbonyl (C=O) groups is 2. The summed E-state index contributed by atoms with van der Waals surface area (Å²) < 4.78 is 5.10. The van der Waals surface area contributed by atoms with E-state index in [9.17, 15) is 9.59 Å². The summed E-state index contributed by atoms with van der Waals surface area (Å²) in [6.45, 7) is 2.30. The van der Waals surface area contributed by atoms with Crippen LogP contribution in [0.15, 0.2) is 34.3 Å². The number of nitrogens with zero attached hydrogens (tertiary/aromatic N) is 4. The topological polar surface area (TPSA) is 99.8 Å². The summed E-state index contributed by atoms with van der Waals surface area (Å²) in [4.78, 5) is 36.7. The van der Waals surface area contributed by atoms with Gasteiger partial charge in [0.05, 0.1) is 5.39 Å². The number of aromatic carboxylic acids is 1. The lowest BCUT2D eigenvalue weighted by Gasteiger charge is -2.35. The third-order valence-electron chi connectivity index (χ3n) is 4.13. The smallest absolute Gasteiger partial charge is 0.371 e. The largest absolute Gasteiger partial charge is 0.475 e. The van der Waals surface area contributed by atoms with E-state index < -0.39 is 5.97 Å². The van der Waals surface area contributed by atoms with Gasteiger partial charge in [-0.2, -0.15) is 0 Å². The van der Waals surface area contributed by atoms with Crippen molar-refractivity contribution in [3.8, 4) is 0 Å². The molecule has 0 aromatic carbocycles. The van der Waals surface area contributed by atoms with Crippen LogP contribution in [0.25, 0.3) is 10.2 Å². The van der Waals surface area contributed by atoms with Crippen LogP contribution in [0.5, 0.6) is 0 Å². The van der Waals surface area contributed by atoms with Crippen molar-refractivity contribution in [2.24, 2.45) is 0 Å². The van der Waals surface area contributed by atoms with E-state index in [1.165, 1.54) is 12.1 Å². The fourth-order valence-corrected chi connectivity index (χ4v) is 3.60.